The molecule has 6 heteroatoms. The number of carbonyl (C=O) groups excluding carboxylic acids is 1. The van der Waals surface area contributed by atoms with Crippen LogP contribution in [0.3, 0.4) is 0 Å². The van der Waals surface area contributed by atoms with Crippen molar-refractivity contribution in [1.29, 1.82) is 0 Å². The first kappa shape index (κ1) is 18.2. The van der Waals surface area contributed by atoms with Gasteiger partial charge in [-0.05, 0) is 57.3 Å². The first-order chi connectivity index (χ1) is 11.6. The summed E-state index contributed by atoms with van der Waals surface area (Å²) in [7, 11) is -3.22. The van der Waals surface area contributed by atoms with Gasteiger partial charge in [0.15, 0.2) is 0 Å². The lowest BCUT2D eigenvalue weighted by Crippen LogP contribution is -2.50. The molecule has 0 bridgehead atoms. The maximum absolute atomic E-state index is 12.8. The van der Waals surface area contributed by atoms with Crippen molar-refractivity contribution in [2.24, 2.45) is 5.92 Å². The van der Waals surface area contributed by atoms with Gasteiger partial charge in [-0.15, -0.1) is 0 Å². The molecule has 3 aliphatic rings. The number of likely N-dealkylation sites (tertiary alicyclic amines) is 1. The van der Waals surface area contributed by atoms with Gasteiger partial charge in [-0.3, -0.25) is 4.79 Å². The molecule has 1 amide bonds. The van der Waals surface area contributed by atoms with Gasteiger partial charge < -0.3 is 4.90 Å². The molecule has 3 fully saturated rings. The van der Waals surface area contributed by atoms with E-state index < -0.39 is 10.0 Å². The van der Waals surface area contributed by atoms with Gasteiger partial charge in [-0.2, -0.15) is 4.31 Å². The van der Waals surface area contributed by atoms with Crippen molar-refractivity contribution in [2.45, 2.75) is 76.7 Å². The summed E-state index contributed by atoms with van der Waals surface area (Å²) in [5, 5.41) is 0. The molecule has 3 rings (SSSR count). The van der Waals surface area contributed by atoms with E-state index in [1.165, 1.54) is 25.7 Å². The Labute approximate surface area is 146 Å². The zero-order valence-electron chi connectivity index (χ0n) is 14.8. The first-order valence-electron chi connectivity index (χ1n) is 9.85. The summed E-state index contributed by atoms with van der Waals surface area (Å²) in [4.78, 5) is 14.1. The average molecular weight is 357 g/mol. The maximum atomic E-state index is 12.8. The van der Waals surface area contributed by atoms with Crippen LogP contribution < -0.4 is 0 Å². The van der Waals surface area contributed by atoms with Crippen LogP contribution in [0.2, 0.25) is 0 Å². The smallest absolute Gasteiger partial charge is 0.222 e. The van der Waals surface area contributed by atoms with Gasteiger partial charge in [0.25, 0.3) is 0 Å². The predicted molar refractivity (Wildman–Crippen MR) is 95.1 cm³/mol. The Morgan fingerprint density at radius 2 is 1.58 bits per heavy atom. The number of amides is 1. The molecule has 0 spiro atoms. The number of hydrogen-bond donors (Lipinski definition) is 0. The minimum absolute atomic E-state index is 0.135. The lowest BCUT2D eigenvalue weighted by Gasteiger charge is -2.43. The normalized spacial score (nSPS) is 29.2. The largest absolute Gasteiger partial charge is 0.343 e. The standard InChI is InChI=1S/C18H32N2O3S/c21-18(19-12-4-1-5-13-19)11-7-15-24(22,23)20-14-6-9-16-8-2-3-10-17(16)20/h16-17H,1-15H2. The predicted octanol–water partition coefficient (Wildman–Crippen LogP) is 2.76. The van der Waals surface area contributed by atoms with Crippen LogP contribution in [0.25, 0.3) is 0 Å². The third-order valence-electron chi connectivity index (χ3n) is 6.05. The lowest BCUT2D eigenvalue weighted by molar-refractivity contribution is -0.132. The fraction of sp³-hybridized carbons (Fsp3) is 0.944. The molecule has 2 saturated heterocycles. The van der Waals surface area contributed by atoms with Crippen molar-refractivity contribution in [3.63, 3.8) is 0 Å². The summed E-state index contributed by atoms with van der Waals surface area (Å²) in [5.41, 5.74) is 0. The molecule has 138 valence electrons. The zero-order valence-corrected chi connectivity index (χ0v) is 15.6. The van der Waals surface area contributed by atoms with E-state index in [4.69, 9.17) is 0 Å². The average Bonchev–Trinajstić information content (AvgIpc) is 2.61. The third kappa shape index (κ3) is 4.31. The summed E-state index contributed by atoms with van der Waals surface area (Å²) < 4.78 is 27.4. The highest BCUT2D eigenvalue weighted by Gasteiger charge is 2.38. The zero-order chi connectivity index (χ0) is 17.0. The Bertz CT molecular complexity index is 526. The number of nitrogens with zero attached hydrogens (tertiary/aromatic N) is 2. The fourth-order valence-electron chi connectivity index (χ4n) is 4.75. The topological polar surface area (TPSA) is 57.7 Å². The molecule has 2 aliphatic heterocycles. The Balaban J connectivity index is 1.50. The quantitative estimate of drug-likeness (QED) is 0.761. The van der Waals surface area contributed by atoms with Crippen LogP contribution in [0.15, 0.2) is 0 Å². The number of carbonyl (C=O) groups is 1. The van der Waals surface area contributed by atoms with Crippen LogP contribution in [0.4, 0.5) is 0 Å². The van der Waals surface area contributed by atoms with Gasteiger partial charge in [0, 0.05) is 32.1 Å². The van der Waals surface area contributed by atoms with Crippen LogP contribution in [0.1, 0.15) is 70.6 Å². The van der Waals surface area contributed by atoms with Crippen molar-refractivity contribution >= 4 is 15.9 Å². The van der Waals surface area contributed by atoms with E-state index in [9.17, 15) is 13.2 Å². The second kappa shape index (κ2) is 8.17. The third-order valence-corrected chi connectivity index (χ3v) is 8.02. The highest BCUT2D eigenvalue weighted by Crippen LogP contribution is 2.36. The van der Waals surface area contributed by atoms with Gasteiger partial charge in [-0.1, -0.05) is 12.8 Å². The molecular formula is C18H32N2O3S. The molecule has 0 N–H and O–H groups in total. The number of rotatable bonds is 5. The summed E-state index contributed by atoms with van der Waals surface area (Å²) in [6, 6.07) is 0.232. The Morgan fingerprint density at radius 1 is 0.875 bits per heavy atom. The van der Waals surface area contributed by atoms with Crippen LogP contribution >= 0.6 is 0 Å². The van der Waals surface area contributed by atoms with Crippen molar-refractivity contribution in [3.8, 4) is 0 Å². The minimum Gasteiger partial charge on any atom is -0.343 e. The molecule has 2 atom stereocenters. The van der Waals surface area contributed by atoms with Crippen molar-refractivity contribution in [3.05, 3.63) is 0 Å². The van der Waals surface area contributed by atoms with Gasteiger partial charge in [-0.25, -0.2) is 8.42 Å². The second-order valence-corrected chi connectivity index (χ2v) is 9.77. The Hall–Kier alpha value is -0.620. The highest BCUT2D eigenvalue weighted by atomic mass is 32.2. The summed E-state index contributed by atoms with van der Waals surface area (Å²) in [6.45, 7) is 2.38. The minimum atomic E-state index is -3.22. The van der Waals surface area contributed by atoms with Gasteiger partial charge in [0.1, 0.15) is 0 Å². The molecule has 2 unspecified atom stereocenters. The Kier molecular flexibility index (Phi) is 6.19. The van der Waals surface area contributed by atoms with Crippen molar-refractivity contribution in [2.75, 3.05) is 25.4 Å². The van der Waals surface area contributed by atoms with Crippen molar-refractivity contribution in [1.82, 2.24) is 9.21 Å². The number of fused-ring (bicyclic) bond motifs is 1. The molecule has 0 aromatic heterocycles. The van der Waals surface area contributed by atoms with Crippen LogP contribution in [0, 0.1) is 5.92 Å². The number of piperidine rings is 2. The Morgan fingerprint density at radius 3 is 2.38 bits per heavy atom. The van der Waals surface area contributed by atoms with E-state index in [1.807, 2.05) is 4.90 Å². The summed E-state index contributed by atoms with van der Waals surface area (Å²) in [6.07, 6.45) is 11.0. The number of hydrogen-bond acceptors (Lipinski definition) is 3. The van der Waals surface area contributed by atoms with E-state index in [2.05, 4.69) is 0 Å². The SMILES string of the molecule is O=C(CCCS(=O)(=O)N1CCCC2CCCCC21)N1CCCCC1. The van der Waals surface area contributed by atoms with Gasteiger partial charge >= 0.3 is 0 Å². The molecule has 0 aromatic rings. The molecule has 0 aromatic carbocycles. The van der Waals surface area contributed by atoms with Gasteiger partial charge in [0.05, 0.1) is 5.75 Å². The van der Waals surface area contributed by atoms with Crippen LogP contribution in [-0.2, 0) is 14.8 Å². The fourth-order valence-corrected chi connectivity index (χ4v) is 6.59. The summed E-state index contributed by atoms with van der Waals surface area (Å²) in [5.74, 6) is 0.840. The molecule has 5 nitrogen and oxygen atoms in total. The van der Waals surface area contributed by atoms with Crippen molar-refractivity contribution < 1.29 is 13.2 Å². The first-order valence-corrected chi connectivity index (χ1v) is 11.5. The number of sulfonamides is 1. The lowest BCUT2D eigenvalue weighted by atomic mass is 9.79. The van der Waals surface area contributed by atoms with Crippen LogP contribution in [-0.4, -0.2) is 55.0 Å². The summed E-state index contributed by atoms with van der Waals surface area (Å²) >= 11 is 0. The molecule has 2 heterocycles. The molecule has 1 saturated carbocycles. The maximum Gasteiger partial charge on any atom is 0.222 e. The molecule has 1 aliphatic carbocycles. The molecular weight excluding hydrogens is 324 g/mol. The molecule has 0 radical (unpaired) electrons. The molecule has 24 heavy (non-hydrogen) atoms. The highest BCUT2D eigenvalue weighted by molar-refractivity contribution is 7.89. The van der Waals surface area contributed by atoms with E-state index in [0.717, 1.165) is 45.2 Å². The van der Waals surface area contributed by atoms with E-state index in [1.54, 1.807) is 4.31 Å². The van der Waals surface area contributed by atoms with E-state index in [-0.39, 0.29) is 17.7 Å². The van der Waals surface area contributed by atoms with E-state index in [0.29, 0.717) is 25.3 Å². The van der Waals surface area contributed by atoms with E-state index >= 15 is 0 Å². The second-order valence-electron chi connectivity index (χ2n) is 7.73. The monoisotopic (exact) mass is 356 g/mol. The van der Waals surface area contributed by atoms with Crippen LogP contribution in [0.5, 0.6) is 0 Å². The van der Waals surface area contributed by atoms with Gasteiger partial charge in [0.2, 0.25) is 15.9 Å².